The highest BCUT2D eigenvalue weighted by molar-refractivity contribution is 7.89. The van der Waals surface area contributed by atoms with Gasteiger partial charge in [-0.2, -0.15) is 0 Å². The molecule has 132 valence electrons. The molecule has 1 aromatic carbocycles. The van der Waals surface area contributed by atoms with Crippen molar-refractivity contribution < 1.29 is 27.5 Å². The standard InChI is InChI=1S/C15H19FN2O5S/c1-10-13(15(20)21)7-9-18(10)14(19)6-8-17-24(22,23)12-4-2-11(16)3-5-12/h2-5,10,13,17H,6-9H2,1H3,(H,20,21). The van der Waals surface area contributed by atoms with E-state index < -0.39 is 33.8 Å². The second-order valence-corrected chi connectivity index (χ2v) is 7.43. The quantitative estimate of drug-likeness (QED) is 0.783. The van der Waals surface area contributed by atoms with Gasteiger partial charge in [-0.1, -0.05) is 0 Å². The molecule has 1 heterocycles. The van der Waals surface area contributed by atoms with Gasteiger partial charge in [-0.05, 0) is 37.6 Å². The Morgan fingerprint density at radius 2 is 1.96 bits per heavy atom. The summed E-state index contributed by atoms with van der Waals surface area (Å²) in [5.41, 5.74) is 0. The molecule has 1 amide bonds. The maximum Gasteiger partial charge on any atom is 0.308 e. The monoisotopic (exact) mass is 358 g/mol. The Bertz CT molecular complexity index is 720. The SMILES string of the molecule is CC1C(C(=O)O)CCN1C(=O)CCNS(=O)(=O)c1ccc(F)cc1. The van der Waals surface area contributed by atoms with Crippen LogP contribution in [0.3, 0.4) is 0 Å². The van der Waals surface area contributed by atoms with Gasteiger partial charge in [-0.25, -0.2) is 17.5 Å². The van der Waals surface area contributed by atoms with E-state index in [2.05, 4.69) is 4.72 Å². The summed E-state index contributed by atoms with van der Waals surface area (Å²) in [6.45, 7) is 1.91. The third-order valence-corrected chi connectivity index (χ3v) is 5.62. The van der Waals surface area contributed by atoms with Crippen LogP contribution in [0.5, 0.6) is 0 Å². The minimum Gasteiger partial charge on any atom is -0.481 e. The number of halogens is 1. The minimum absolute atomic E-state index is 0.0723. The molecule has 0 spiro atoms. The smallest absolute Gasteiger partial charge is 0.308 e. The van der Waals surface area contributed by atoms with E-state index in [0.29, 0.717) is 13.0 Å². The van der Waals surface area contributed by atoms with Crippen LogP contribution in [0.25, 0.3) is 0 Å². The van der Waals surface area contributed by atoms with Crippen molar-refractivity contribution in [2.24, 2.45) is 5.92 Å². The molecule has 2 rings (SSSR count). The van der Waals surface area contributed by atoms with Gasteiger partial charge in [0.15, 0.2) is 0 Å². The summed E-state index contributed by atoms with van der Waals surface area (Å²) in [7, 11) is -3.82. The average molecular weight is 358 g/mol. The Morgan fingerprint density at radius 1 is 1.33 bits per heavy atom. The van der Waals surface area contributed by atoms with Crippen molar-refractivity contribution in [1.29, 1.82) is 0 Å². The summed E-state index contributed by atoms with van der Waals surface area (Å²) in [5.74, 6) is -2.37. The number of benzene rings is 1. The van der Waals surface area contributed by atoms with E-state index in [1.165, 1.54) is 4.90 Å². The summed E-state index contributed by atoms with van der Waals surface area (Å²) in [6, 6.07) is 3.94. The number of rotatable bonds is 6. The van der Waals surface area contributed by atoms with Gasteiger partial charge in [0.1, 0.15) is 5.82 Å². The molecular formula is C15H19FN2O5S. The summed E-state index contributed by atoms with van der Waals surface area (Å²) < 4.78 is 39.1. The number of hydrogen-bond acceptors (Lipinski definition) is 4. The molecule has 0 aromatic heterocycles. The number of carbonyl (C=O) groups is 2. The maximum atomic E-state index is 12.8. The van der Waals surface area contributed by atoms with Crippen LogP contribution >= 0.6 is 0 Å². The van der Waals surface area contributed by atoms with Crippen LogP contribution in [0.15, 0.2) is 29.2 Å². The van der Waals surface area contributed by atoms with Crippen molar-refractivity contribution in [2.75, 3.05) is 13.1 Å². The van der Waals surface area contributed by atoms with Crippen LogP contribution < -0.4 is 4.72 Å². The molecule has 24 heavy (non-hydrogen) atoms. The van der Waals surface area contributed by atoms with Crippen molar-refractivity contribution in [1.82, 2.24) is 9.62 Å². The third kappa shape index (κ3) is 4.09. The van der Waals surface area contributed by atoms with Crippen molar-refractivity contribution in [2.45, 2.75) is 30.7 Å². The molecule has 0 saturated carbocycles. The molecule has 1 aliphatic rings. The zero-order chi connectivity index (χ0) is 17.9. The van der Waals surface area contributed by atoms with E-state index in [0.717, 1.165) is 24.3 Å². The third-order valence-electron chi connectivity index (χ3n) is 4.15. The first kappa shape index (κ1) is 18.3. The predicted octanol–water partition coefficient (Wildman–Crippen LogP) is 0.816. The van der Waals surface area contributed by atoms with Crippen LogP contribution in [-0.4, -0.2) is 49.4 Å². The van der Waals surface area contributed by atoms with Gasteiger partial charge in [0.2, 0.25) is 15.9 Å². The molecule has 1 aromatic rings. The van der Waals surface area contributed by atoms with E-state index in [-0.39, 0.29) is 23.8 Å². The van der Waals surface area contributed by atoms with Gasteiger partial charge in [-0.3, -0.25) is 9.59 Å². The molecule has 1 aliphatic heterocycles. The predicted molar refractivity (Wildman–Crippen MR) is 83.1 cm³/mol. The number of likely N-dealkylation sites (tertiary alicyclic amines) is 1. The van der Waals surface area contributed by atoms with E-state index >= 15 is 0 Å². The van der Waals surface area contributed by atoms with Gasteiger partial charge in [0.25, 0.3) is 0 Å². The number of aliphatic carboxylic acids is 1. The van der Waals surface area contributed by atoms with Crippen LogP contribution in [0.1, 0.15) is 19.8 Å². The Labute approximate surface area is 139 Å². The molecule has 1 fully saturated rings. The van der Waals surface area contributed by atoms with Gasteiger partial charge in [0.05, 0.1) is 10.8 Å². The second-order valence-electron chi connectivity index (χ2n) is 5.66. The van der Waals surface area contributed by atoms with Gasteiger partial charge in [0, 0.05) is 25.6 Å². The Hall–Kier alpha value is -2.00. The number of carbonyl (C=O) groups excluding carboxylic acids is 1. The van der Waals surface area contributed by atoms with E-state index in [4.69, 9.17) is 5.11 Å². The molecule has 0 bridgehead atoms. The Kier molecular flexibility index (Phi) is 5.55. The highest BCUT2D eigenvalue weighted by Crippen LogP contribution is 2.24. The number of carboxylic acids is 1. The lowest BCUT2D eigenvalue weighted by Crippen LogP contribution is -2.39. The molecular weight excluding hydrogens is 339 g/mol. The highest BCUT2D eigenvalue weighted by atomic mass is 32.2. The summed E-state index contributed by atoms with van der Waals surface area (Å²) in [6.07, 6.45) is 0.320. The zero-order valence-electron chi connectivity index (χ0n) is 13.1. The molecule has 9 heteroatoms. The van der Waals surface area contributed by atoms with E-state index in [9.17, 15) is 22.4 Å². The normalized spacial score (nSPS) is 21.0. The fourth-order valence-electron chi connectivity index (χ4n) is 2.75. The van der Waals surface area contributed by atoms with Gasteiger partial charge >= 0.3 is 5.97 Å². The number of hydrogen-bond donors (Lipinski definition) is 2. The summed E-state index contributed by atoms with van der Waals surface area (Å²) in [4.78, 5) is 24.6. The summed E-state index contributed by atoms with van der Waals surface area (Å²) in [5, 5.41) is 9.06. The lowest BCUT2D eigenvalue weighted by molar-refractivity contribution is -0.143. The first-order valence-corrected chi connectivity index (χ1v) is 8.98. The molecule has 2 N–H and O–H groups in total. The Morgan fingerprint density at radius 3 is 2.50 bits per heavy atom. The number of carboxylic acid groups (broad SMARTS) is 1. The first-order chi connectivity index (χ1) is 11.2. The Balaban J connectivity index is 1.89. The van der Waals surface area contributed by atoms with Crippen LogP contribution in [-0.2, 0) is 19.6 Å². The molecule has 0 radical (unpaired) electrons. The van der Waals surface area contributed by atoms with Crippen molar-refractivity contribution in [3.05, 3.63) is 30.1 Å². The largest absolute Gasteiger partial charge is 0.481 e. The molecule has 2 unspecified atom stereocenters. The lowest BCUT2D eigenvalue weighted by Gasteiger charge is -2.23. The molecule has 7 nitrogen and oxygen atoms in total. The maximum absolute atomic E-state index is 12.8. The first-order valence-electron chi connectivity index (χ1n) is 7.50. The van der Waals surface area contributed by atoms with E-state index in [1.54, 1.807) is 6.92 Å². The fourth-order valence-corrected chi connectivity index (χ4v) is 3.79. The fraction of sp³-hybridized carbons (Fsp3) is 0.467. The average Bonchev–Trinajstić information content (AvgIpc) is 2.89. The van der Waals surface area contributed by atoms with Gasteiger partial charge in [-0.15, -0.1) is 0 Å². The lowest BCUT2D eigenvalue weighted by atomic mass is 10.0. The van der Waals surface area contributed by atoms with Crippen LogP contribution in [0.2, 0.25) is 0 Å². The van der Waals surface area contributed by atoms with Crippen LogP contribution in [0, 0.1) is 11.7 Å². The highest BCUT2D eigenvalue weighted by Gasteiger charge is 2.37. The van der Waals surface area contributed by atoms with Crippen molar-refractivity contribution in [3.63, 3.8) is 0 Å². The number of sulfonamides is 1. The number of nitrogens with zero attached hydrogens (tertiary/aromatic N) is 1. The van der Waals surface area contributed by atoms with Crippen LogP contribution in [0.4, 0.5) is 4.39 Å². The van der Waals surface area contributed by atoms with Crippen molar-refractivity contribution in [3.8, 4) is 0 Å². The summed E-state index contributed by atoms with van der Waals surface area (Å²) >= 11 is 0. The minimum atomic E-state index is -3.82. The van der Waals surface area contributed by atoms with Crippen molar-refractivity contribution >= 4 is 21.9 Å². The molecule has 1 saturated heterocycles. The van der Waals surface area contributed by atoms with Gasteiger partial charge < -0.3 is 10.0 Å². The molecule has 2 atom stereocenters. The zero-order valence-corrected chi connectivity index (χ0v) is 13.9. The molecule has 0 aliphatic carbocycles. The number of amides is 1. The number of nitrogens with one attached hydrogen (secondary N) is 1. The second kappa shape index (κ2) is 7.27. The topological polar surface area (TPSA) is 104 Å². The van der Waals surface area contributed by atoms with E-state index in [1.807, 2.05) is 0 Å².